The number of amides is 1. The van der Waals surface area contributed by atoms with Gasteiger partial charge in [-0.2, -0.15) is 5.10 Å². The zero-order chi connectivity index (χ0) is 14.6. The zero-order valence-electron chi connectivity index (χ0n) is 12.1. The van der Waals surface area contributed by atoms with E-state index in [1.807, 2.05) is 0 Å². The van der Waals surface area contributed by atoms with Gasteiger partial charge in [-0.25, -0.2) is 13.8 Å². The van der Waals surface area contributed by atoms with E-state index in [1.54, 1.807) is 0 Å². The molecule has 1 amide bonds. The quantitative estimate of drug-likeness (QED) is 0.782. The van der Waals surface area contributed by atoms with Crippen LogP contribution in [0.25, 0.3) is 0 Å². The lowest BCUT2D eigenvalue weighted by Crippen LogP contribution is -2.31. The van der Waals surface area contributed by atoms with E-state index >= 15 is 0 Å². The van der Waals surface area contributed by atoms with Crippen molar-refractivity contribution in [1.82, 2.24) is 5.43 Å². The molecule has 116 valence electrons. The lowest BCUT2D eigenvalue weighted by Gasteiger charge is -2.25. The van der Waals surface area contributed by atoms with Crippen LogP contribution in [0.5, 0.6) is 0 Å². The molecular formula is C15H22N2O3S. The Morgan fingerprint density at radius 3 is 2.76 bits per heavy atom. The van der Waals surface area contributed by atoms with Crippen LogP contribution in [-0.2, 0) is 14.6 Å². The maximum absolute atomic E-state index is 12.0. The Hall–Kier alpha value is -0.910. The van der Waals surface area contributed by atoms with E-state index in [4.69, 9.17) is 0 Å². The number of carbonyl (C=O) groups excluding carboxylic acids is 1. The number of fused-ring (bicyclic) bond motifs is 5. The van der Waals surface area contributed by atoms with Crippen LogP contribution < -0.4 is 5.43 Å². The lowest BCUT2D eigenvalue weighted by atomic mass is 9.81. The van der Waals surface area contributed by atoms with Gasteiger partial charge in [0.2, 0.25) is 5.91 Å². The minimum Gasteiger partial charge on any atom is -0.273 e. The molecule has 0 radical (unpaired) electrons. The Balaban J connectivity index is 1.40. The predicted molar refractivity (Wildman–Crippen MR) is 79.4 cm³/mol. The van der Waals surface area contributed by atoms with E-state index in [9.17, 15) is 13.2 Å². The summed E-state index contributed by atoms with van der Waals surface area (Å²) in [4.78, 5) is 12.0. The van der Waals surface area contributed by atoms with Gasteiger partial charge in [0.05, 0.1) is 17.4 Å². The maximum atomic E-state index is 12.0. The normalized spacial score (nSPS) is 45.1. The summed E-state index contributed by atoms with van der Waals surface area (Å²) in [5, 5.41) is 4.38. The van der Waals surface area contributed by atoms with Crippen molar-refractivity contribution >= 4 is 21.5 Å². The number of hydrogen-bond acceptors (Lipinski definition) is 4. The number of sulfone groups is 1. The van der Waals surface area contributed by atoms with Crippen molar-refractivity contribution in [1.29, 1.82) is 0 Å². The number of hydrogen-bond donors (Lipinski definition) is 1. The third-order valence-electron chi connectivity index (χ3n) is 6.12. The highest BCUT2D eigenvalue weighted by Gasteiger charge is 2.52. The highest BCUT2D eigenvalue weighted by molar-refractivity contribution is 7.91. The van der Waals surface area contributed by atoms with Gasteiger partial charge < -0.3 is 0 Å². The largest absolute Gasteiger partial charge is 0.273 e. The van der Waals surface area contributed by atoms with E-state index in [0.29, 0.717) is 12.3 Å². The minimum atomic E-state index is -3.01. The smallest absolute Gasteiger partial charge is 0.244 e. The van der Waals surface area contributed by atoms with Gasteiger partial charge in [-0.3, -0.25) is 4.79 Å². The number of rotatable bonds is 2. The molecule has 3 aliphatic carbocycles. The van der Waals surface area contributed by atoms with Crippen molar-refractivity contribution in [2.45, 2.75) is 38.5 Å². The van der Waals surface area contributed by atoms with Crippen LogP contribution in [0, 0.1) is 29.6 Å². The van der Waals surface area contributed by atoms with E-state index < -0.39 is 15.8 Å². The Morgan fingerprint density at radius 1 is 1.19 bits per heavy atom. The van der Waals surface area contributed by atoms with Crippen LogP contribution >= 0.6 is 0 Å². The fourth-order valence-electron chi connectivity index (χ4n) is 5.16. The van der Waals surface area contributed by atoms with Crippen molar-refractivity contribution in [3.05, 3.63) is 0 Å². The van der Waals surface area contributed by atoms with Gasteiger partial charge in [-0.05, 0) is 49.9 Å². The van der Waals surface area contributed by atoms with Gasteiger partial charge in [-0.1, -0.05) is 6.42 Å². The van der Waals surface area contributed by atoms with Gasteiger partial charge in [0, 0.05) is 11.6 Å². The fraction of sp³-hybridized carbons (Fsp3) is 0.867. The van der Waals surface area contributed by atoms with E-state index in [0.717, 1.165) is 29.9 Å². The average molecular weight is 310 g/mol. The highest BCUT2D eigenvalue weighted by atomic mass is 32.2. The summed E-state index contributed by atoms with van der Waals surface area (Å²) in [7, 11) is -3.01. The van der Waals surface area contributed by atoms with E-state index in [2.05, 4.69) is 10.5 Å². The van der Waals surface area contributed by atoms with Gasteiger partial charge in [0.25, 0.3) is 0 Å². The minimum absolute atomic E-state index is 0.0135. The molecule has 0 aromatic heterocycles. The van der Waals surface area contributed by atoms with Crippen LogP contribution in [0.1, 0.15) is 38.5 Å². The number of carbonyl (C=O) groups is 1. The highest BCUT2D eigenvalue weighted by Crippen LogP contribution is 2.57. The first-order valence-corrected chi connectivity index (χ1v) is 9.92. The molecule has 0 aromatic rings. The number of nitrogens with zero attached hydrogens (tertiary/aromatic N) is 1. The van der Waals surface area contributed by atoms with Crippen LogP contribution in [0.3, 0.4) is 0 Å². The van der Waals surface area contributed by atoms with Crippen LogP contribution in [-0.4, -0.2) is 31.5 Å². The Kier molecular flexibility index (Phi) is 3.14. The molecule has 4 aliphatic rings. The van der Waals surface area contributed by atoms with Gasteiger partial charge >= 0.3 is 0 Å². The Labute approximate surface area is 125 Å². The molecule has 21 heavy (non-hydrogen) atoms. The summed E-state index contributed by atoms with van der Waals surface area (Å²) in [5.74, 6) is 2.57. The first kappa shape index (κ1) is 13.7. The van der Waals surface area contributed by atoms with Crippen molar-refractivity contribution < 1.29 is 13.2 Å². The first-order chi connectivity index (χ1) is 10.0. The van der Waals surface area contributed by atoms with Gasteiger partial charge in [0.1, 0.15) is 0 Å². The van der Waals surface area contributed by atoms with Gasteiger partial charge in [0.15, 0.2) is 9.84 Å². The number of nitrogens with one attached hydrogen (secondary N) is 1. The third kappa shape index (κ3) is 2.31. The van der Waals surface area contributed by atoms with Crippen LogP contribution in [0.2, 0.25) is 0 Å². The van der Waals surface area contributed by atoms with E-state index in [-0.39, 0.29) is 17.4 Å². The maximum Gasteiger partial charge on any atom is 0.244 e. The average Bonchev–Trinajstić information content (AvgIpc) is 3.15. The van der Waals surface area contributed by atoms with E-state index in [1.165, 1.54) is 25.7 Å². The van der Waals surface area contributed by atoms with Crippen molar-refractivity contribution in [3.8, 4) is 0 Å². The third-order valence-corrected chi connectivity index (χ3v) is 7.88. The SMILES string of the molecule is O=C(N/N=C1\C[C@H]2C[C@H]1[C@@H]1CCC[C@H]21)[C@H]1CCS(=O)(=O)C1. The number of hydrazone groups is 1. The topological polar surface area (TPSA) is 75.6 Å². The molecule has 3 saturated carbocycles. The molecule has 0 spiro atoms. The lowest BCUT2D eigenvalue weighted by molar-refractivity contribution is -0.124. The zero-order valence-corrected chi connectivity index (χ0v) is 12.9. The molecule has 0 unspecified atom stereocenters. The van der Waals surface area contributed by atoms with Crippen LogP contribution in [0.15, 0.2) is 5.10 Å². The summed E-state index contributed by atoms with van der Waals surface area (Å²) in [6, 6.07) is 0. The molecule has 1 saturated heterocycles. The second kappa shape index (κ2) is 4.80. The van der Waals surface area contributed by atoms with Crippen molar-refractivity contribution in [2.24, 2.45) is 34.7 Å². The molecule has 6 heteroatoms. The monoisotopic (exact) mass is 310 g/mol. The van der Waals surface area contributed by atoms with Gasteiger partial charge in [-0.15, -0.1) is 0 Å². The summed E-state index contributed by atoms with van der Waals surface area (Å²) in [6.45, 7) is 0. The fourth-order valence-corrected chi connectivity index (χ4v) is 6.91. The van der Waals surface area contributed by atoms with Crippen molar-refractivity contribution in [2.75, 3.05) is 11.5 Å². The molecule has 5 atom stereocenters. The predicted octanol–water partition coefficient (Wildman–Crippen LogP) is 1.35. The summed E-state index contributed by atoms with van der Waals surface area (Å²) >= 11 is 0. The summed E-state index contributed by atoms with van der Waals surface area (Å²) < 4.78 is 22.8. The molecule has 4 fully saturated rings. The summed E-state index contributed by atoms with van der Waals surface area (Å²) in [6.07, 6.45) is 6.78. The van der Waals surface area contributed by atoms with Crippen molar-refractivity contribution in [3.63, 3.8) is 0 Å². The summed E-state index contributed by atoms with van der Waals surface area (Å²) in [5.41, 5.74) is 3.82. The molecule has 1 heterocycles. The Morgan fingerprint density at radius 2 is 2.00 bits per heavy atom. The molecule has 1 N–H and O–H groups in total. The molecule has 2 bridgehead atoms. The molecule has 5 nitrogen and oxygen atoms in total. The van der Waals surface area contributed by atoms with Crippen LogP contribution in [0.4, 0.5) is 0 Å². The Bertz CT molecular complexity index is 598. The molecule has 4 rings (SSSR count). The second-order valence-corrected chi connectivity index (χ2v) is 9.47. The first-order valence-electron chi connectivity index (χ1n) is 8.10. The molecular weight excluding hydrogens is 288 g/mol. The standard InChI is InChI=1S/C15H22N2O3S/c18-15(9-4-5-21(19,20)8-9)17-16-14-7-10-6-13(14)12-3-1-2-11(10)12/h9-13H,1-8H2,(H,17,18)/b16-14+/t9-,10+,11+,12+,13-/m0/s1. The molecule has 0 aromatic carbocycles. The molecule has 1 aliphatic heterocycles. The second-order valence-electron chi connectivity index (χ2n) is 7.24.